The van der Waals surface area contributed by atoms with E-state index in [1.54, 1.807) is 0 Å². The molecular formula is C10H11FN4OS. The number of thiocarbonyl (C=S) groups is 1. The number of hydrogen-bond donors (Lipinski definition) is 3. The summed E-state index contributed by atoms with van der Waals surface area (Å²) in [6, 6.07) is 5.38. The Bertz CT molecular complexity index is 458. The summed E-state index contributed by atoms with van der Waals surface area (Å²) >= 11 is 4.53. The molecule has 0 unspecified atom stereocenters. The fourth-order valence-corrected chi connectivity index (χ4v) is 0.990. The minimum Gasteiger partial charge on any atom is -0.375 e. The van der Waals surface area contributed by atoms with Crippen molar-refractivity contribution in [1.82, 2.24) is 5.43 Å². The Morgan fingerprint density at radius 2 is 2.00 bits per heavy atom. The molecule has 17 heavy (non-hydrogen) atoms. The van der Waals surface area contributed by atoms with Crippen LogP contribution in [-0.2, 0) is 4.79 Å². The van der Waals surface area contributed by atoms with Crippen molar-refractivity contribution in [2.45, 2.75) is 6.92 Å². The summed E-state index contributed by atoms with van der Waals surface area (Å²) in [6.07, 6.45) is 0. The third-order valence-electron chi connectivity index (χ3n) is 1.76. The number of anilines is 1. The quantitative estimate of drug-likeness (QED) is 0.426. The van der Waals surface area contributed by atoms with E-state index in [1.807, 2.05) is 0 Å². The SMILES string of the molecule is C/C(=N\NC(N)=S)C(=O)Nc1ccc(F)cc1. The Labute approximate surface area is 103 Å². The van der Waals surface area contributed by atoms with Gasteiger partial charge in [-0.05, 0) is 43.4 Å². The zero-order valence-corrected chi connectivity index (χ0v) is 9.84. The Hall–Kier alpha value is -2.02. The first-order valence-corrected chi connectivity index (χ1v) is 5.06. The average molecular weight is 254 g/mol. The second kappa shape index (κ2) is 5.90. The summed E-state index contributed by atoms with van der Waals surface area (Å²) in [5, 5.41) is 6.16. The number of hydrogen-bond acceptors (Lipinski definition) is 3. The molecule has 0 aliphatic heterocycles. The van der Waals surface area contributed by atoms with Crippen molar-refractivity contribution < 1.29 is 9.18 Å². The highest BCUT2D eigenvalue weighted by molar-refractivity contribution is 7.80. The van der Waals surface area contributed by atoms with Crippen LogP contribution >= 0.6 is 12.2 Å². The molecule has 0 aliphatic rings. The molecule has 0 fully saturated rings. The highest BCUT2D eigenvalue weighted by atomic mass is 32.1. The van der Waals surface area contributed by atoms with Crippen LogP contribution in [0.3, 0.4) is 0 Å². The van der Waals surface area contributed by atoms with Gasteiger partial charge in [0.15, 0.2) is 5.11 Å². The van der Waals surface area contributed by atoms with E-state index in [2.05, 4.69) is 28.1 Å². The normalized spacial score (nSPS) is 10.8. The van der Waals surface area contributed by atoms with Gasteiger partial charge in [-0.15, -0.1) is 0 Å². The van der Waals surface area contributed by atoms with Gasteiger partial charge in [-0.1, -0.05) is 0 Å². The smallest absolute Gasteiger partial charge is 0.271 e. The maximum atomic E-state index is 12.6. The number of hydrazone groups is 1. The first-order chi connectivity index (χ1) is 7.99. The van der Waals surface area contributed by atoms with Crippen LogP contribution in [0.4, 0.5) is 10.1 Å². The summed E-state index contributed by atoms with van der Waals surface area (Å²) in [4.78, 5) is 11.6. The highest BCUT2D eigenvalue weighted by Gasteiger charge is 2.06. The number of nitrogens with zero attached hydrogens (tertiary/aromatic N) is 1. The molecule has 0 aromatic heterocycles. The largest absolute Gasteiger partial charge is 0.375 e. The molecule has 5 nitrogen and oxygen atoms in total. The lowest BCUT2D eigenvalue weighted by Crippen LogP contribution is -2.28. The van der Waals surface area contributed by atoms with Crippen LogP contribution in [0.1, 0.15) is 6.92 Å². The average Bonchev–Trinajstić information content (AvgIpc) is 2.28. The van der Waals surface area contributed by atoms with Gasteiger partial charge in [0.25, 0.3) is 5.91 Å². The number of rotatable bonds is 3. The minimum absolute atomic E-state index is 0.0288. The van der Waals surface area contributed by atoms with Gasteiger partial charge >= 0.3 is 0 Å². The van der Waals surface area contributed by atoms with E-state index in [9.17, 15) is 9.18 Å². The van der Waals surface area contributed by atoms with Crippen molar-refractivity contribution in [2.24, 2.45) is 10.8 Å². The maximum Gasteiger partial charge on any atom is 0.271 e. The van der Waals surface area contributed by atoms with Gasteiger partial charge in [0.05, 0.1) is 0 Å². The van der Waals surface area contributed by atoms with Crippen LogP contribution in [0, 0.1) is 5.82 Å². The van der Waals surface area contributed by atoms with Gasteiger partial charge in [0.1, 0.15) is 11.5 Å². The van der Waals surface area contributed by atoms with Gasteiger partial charge in [-0.2, -0.15) is 5.10 Å². The van der Waals surface area contributed by atoms with Crippen LogP contribution in [0.5, 0.6) is 0 Å². The molecule has 0 saturated carbocycles. The molecule has 0 radical (unpaired) electrons. The molecule has 90 valence electrons. The maximum absolute atomic E-state index is 12.6. The molecule has 7 heteroatoms. The van der Waals surface area contributed by atoms with Gasteiger partial charge in [-0.25, -0.2) is 4.39 Å². The lowest BCUT2D eigenvalue weighted by atomic mass is 10.3. The molecule has 4 N–H and O–H groups in total. The van der Waals surface area contributed by atoms with E-state index >= 15 is 0 Å². The standard InChI is InChI=1S/C10H11FN4OS/c1-6(14-15-10(12)17)9(16)13-8-4-2-7(11)3-5-8/h2-5H,1H3,(H,13,16)(H3,12,15,17)/b14-6+. The molecule has 1 aromatic carbocycles. The lowest BCUT2D eigenvalue weighted by Gasteiger charge is -2.04. The number of benzene rings is 1. The molecule has 0 aliphatic carbocycles. The fourth-order valence-electron chi connectivity index (χ4n) is 0.944. The fraction of sp³-hybridized carbons (Fsp3) is 0.100. The van der Waals surface area contributed by atoms with Gasteiger partial charge < -0.3 is 11.1 Å². The van der Waals surface area contributed by atoms with Crippen molar-refractivity contribution in [3.8, 4) is 0 Å². The van der Waals surface area contributed by atoms with Gasteiger partial charge in [0, 0.05) is 5.69 Å². The minimum atomic E-state index is -0.430. The summed E-state index contributed by atoms with van der Waals surface area (Å²) in [6.45, 7) is 1.49. The third-order valence-corrected chi connectivity index (χ3v) is 1.86. The predicted molar refractivity (Wildman–Crippen MR) is 68.1 cm³/mol. The molecule has 0 spiro atoms. The van der Waals surface area contributed by atoms with Crippen LogP contribution in [0.2, 0.25) is 0 Å². The molecule has 0 heterocycles. The molecular weight excluding hydrogens is 243 g/mol. The topological polar surface area (TPSA) is 79.5 Å². The second-order valence-corrected chi connectivity index (χ2v) is 3.57. The van der Waals surface area contributed by atoms with Gasteiger partial charge in [0.2, 0.25) is 0 Å². The van der Waals surface area contributed by atoms with Crippen molar-refractivity contribution in [3.05, 3.63) is 30.1 Å². The van der Waals surface area contributed by atoms with Crippen molar-refractivity contribution in [3.63, 3.8) is 0 Å². The second-order valence-electron chi connectivity index (χ2n) is 3.13. The molecule has 0 saturated heterocycles. The number of carbonyl (C=O) groups is 1. The Balaban J connectivity index is 2.63. The molecule has 0 bridgehead atoms. The first kappa shape index (κ1) is 13.0. The molecule has 1 aromatic rings. The number of amides is 1. The number of halogens is 1. The van der Waals surface area contributed by atoms with Gasteiger partial charge in [-0.3, -0.25) is 10.2 Å². The molecule has 0 atom stereocenters. The molecule has 1 rings (SSSR count). The van der Waals surface area contributed by atoms with Crippen LogP contribution < -0.4 is 16.5 Å². The van der Waals surface area contributed by atoms with E-state index in [1.165, 1.54) is 31.2 Å². The number of carbonyl (C=O) groups excluding carboxylic acids is 1. The van der Waals surface area contributed by atoms with E-state index < -0.39 is 5.91 Å². The predicted octanol–water partition coefficient (Wildman–Crippen LogP) is 0.973. The van der Waals surface area contributed by atoms with E-state index in [0.29, 0.717) is 5.69 Å². The van der Waals surface area contributed by atoms with Crippen molar-refractivity contribution in [1.29, 1.82) is 0 Å². The van der Waals surface area contributed by atoms with Crippen LogP contribution in [0.15, 0.2) is 29.4 Å². The monoisotopic (exact) mass is 254 g/mol. The highest BCUT2D eigenvalue weighted by Crippen LogP contribution is 2.07. The number of nitrogens with two attached hydrogens (primary N) is 1. The number of nitrogens with one attached hydrogen (secondary N) is 2. The van der Waals surface area contributed by atoms with Crippen LogP contribution in [-0.4, -0.2) is 16.7 Å². The lowest BCUT2D eigenvalue weighted by molar-refractivity contribution is -0.110. The summed E-state index contributed by atoms with van der Waals surface area (Å²) in [7, 11) is 0. The van der Waals surface area contributed by atoms with Crippen molar-refractivity contribution in [2.75, 3.05) is 5.32 Å². The Kier molecular flexibility index (Phi) is 4.53. The Morgan fingerprint density at radius 1 is 1.41 bits per heavy atom. The van der Waals surface area contributed by atoms with E-state index in [0.717, 1.165) is 0 Å². The zero-order chi connectivity index (χ0) is 12.8. The first-order valence-electron chi connectivity index (χ1n) is 4.65. The Morgan fingerprint density at radius 3 is 2.53 bits per heavy atom. The summed E-state index contributed by atoms with van der Waals surface area (Å²) in [5.41, 5.74) is 8.08. The summed E-state index contributed by atoms with van der Waals surface area (Å²) < 4.78 is 12.6. The summed E-state index contributed by atoms with van der Waals surface area (Å²) in [5.74, 6) is -0.802. The zero-order valence-electron chi connectivity index (χ0n) is 9.03. The molecule has 1 amide bonds. The van der Waals surface area contributed by atoms with E-state index in [-0.39, 0.29) is 16.6 Å². The van der Waals surface area contributed by atoms with Crippen molar-refractivity contribution >= 4 is 34.6 Å². The third kappa shape index (κ3) is 4.56. The van der Waals surface area contributed by atoms with E-state index in [4.69, 9.17) is 5.73 Å². The van der Waals surface area contributed by atoms with Crippen LogP contribution in [0.25, 0.3) is 0 Å².